The van der Waals surface area contributed by atoms with E-state index in [-0.39, 0.29) is 17.7 Å². The Labute approximate surface area is 140 Å². The highest BCUT2D eigenvalue weighted by atomic mass is 19.4. The Hall–Kier alpha value is -2.90. The quantitative estimate of drug-likeness (QED) is 0.659. The zero-order valence-electron chi connectivity index (χ0n) is 12.8. The molecule has 0 atom stereocenters. The minimum absolute atomic E-state index is 0.0787. The van der Waals surface area contributed by atoms with Crippen molar-refractivity contribution in [3.63, 3.8) is 0 Å². The minimum atomic E-state index is -4.53. The number of esters is 1. The molecular formula is C17H13F4NO3. The number of nitrogens with one attached hydrogen (secondary N) is 1. The van der Waals surface area contributed by atoms with Crippen LogP contribution in [0.1, 0.15) is 11.1 Å². The molecule has 0 bridgehead atoms. The molecular weight excluding hydrogens is 342 g/mol. The first-order valence-electron chi connectivity index (χ1n) is 7.12. The second-order valence-corrected chi connectivity index (χ2v) is 5.06. The third kappa shape index (κ3) is 5.59. The fraction of sp³-hybridized carbons (Fsp3) is 0.176. The Morgan fingerprint density at radius 3 is 2.44 bits per heavy atom. The van der Waals surface area contributed by atoms with Gasteiger partial charge < -0.3 is 10.1 Å². The molecule has 2 aromatic rings. The van der Waals surface area contributed by atoms with Gasteiger partial charge in [0.25, 0.3) is 5.91 Å². The van der Waals surface area contributed by atoms with Gasteiger partial charge in [-0.15, -0.1) is 0 Å². The first kappa shape index (κ1) is 18.4. The van der Waals surface area contributed by atoms with Crippen LogP contribution in [0.4, 0.5) is 23.2 Å². The molecule has 0 fully saturated rings. The van der Waals surface area contributed by atoms with Crippen molar-refractivity contribution in [2.45, 2.75) is 12.6 Å². The average Bonchev–Trinajstić information content (AvgIpc) is 2.55. The molecule has 0 aliphatic rings. The molecule has 132 valence electrons. The fourth-order valence-electron chi connectivity index (χ4n) is 1.96. The first-order chi connectivity index (χ1) is 11.8. The number of hydrogen-bond donors (Lipinski definition) is 1. The fourth-order valence-corrected chi connectivity index (χ4v) is 1.96. The van der Waals surface area contributed by atoms with Crippen LogP contribution in [-0.4, -0.2) is 18.5 Å². The maximum atomic E-state index is 13.4. The maximum Gasteiger partial charge on any atom is 0.416 e. The van der Waals surface area contributed by atoms with Crippen LogP contribution in [0.3, 0.4) is 0 Å². The highest BCUT2D eigenvalue weighted by Gasteiger charge is 2.30. The van der Waals surface area contributed by atoms with E-state index >= 15 is 0 Å². The van der Waals surface area contributed by atoms with Crippen LogP contribution in [0, 0.1) is 5.82 Å². The van der Waals surface area contributed by atoms with Crippen molar-refractivity contribution in [3.05, 3.63) is 65.5 Å². The van der Waals surface area contributed by atoms with E-state index in [1.807, 2.05) is 0 Å². The van der Waals surface area contributed by atoms with Gasteiger partial charge in [-0.2, -0.15) is 13.2 Å². The first-order valence-corrected chi connectivity index (χ1v) is 7.12. The van der Waals surface area contributed by atoms with Crippen LogP contribution < -0.4 is 5.32 Å². The van der Waals surface area contributed by atoms with Gasteiger partial charge in [0, 0.05) is 5.69 Å². The molecule has 2 rings (SSSR count). The van der Waals surface area contributed by atoms with Crippen LogP contribution in [0.25, 0.3) is 0 Å². The van der Waals surface area contributed by atoms with Crippen molar-refractivity contribution in [2.24, 2.45) is 0 Å². The number of carbonyl (C=O) groups is 2. The minimum Gasteiger partial charge on any atom is -0.455 e. The van der Waals surface area contributed by atoms with Gasteiger partial charge in [-0.3, -0.25) is 9.59 Å². The molecule has 0 aliphatic carbocycles. The van der Waals surface area contributed by atoms with E-state index in [0.29, 0.717) is 0 Å². The predicted molar refractivity (Wildman–Crippen MR) is 81.1 cm³/mol. The van der Waals surface area contributed by atoms with E-state index in [0.717, 1.165) is 18.2 Å². The molecule has 4 nitrogen and oxygen atoms in total. The van der Waals surface area contributed by atoms with E-state index in [2.05, 4.69) is 5.32 Å². The SMILES string of the molecule is O=C(COC(=O)Cc1ccccc1F)Nc1cccc(C(F)(F)F)c1. The summed E-state index contributed by atoms with van der Waals surface area (Å²) in [7, 11) is 0. The lowest BCUT2D eigenvalue weighted by molar-refractivity contribution is -0.146. The molecule has 1 N–H and O–H groups in total. The normalized spacial score (nSPS) is 11.0. The summed E-state index contributed by atoms with van der Waals surface area (Å²) < 4.78 is 55.8. The second-order valence-electron chi connectivity index (χ2n) is 5.06. The molecule has 0 saturated carbocycles. The number of anilines is 1. The molecule has 0 unspecified atom stereocenters. The number of benzene rings is 2. The molecule has 0 heterocycles. The number of hydrogen-bond acceptors (Lipinski definition) is 3. The van der Waals surface area contributed by atoms with E-state index in [4.69, 9.17) is 4.74 Å². The van der Waals surface area contributed by atoms with Crippen molar-refractivity contribution >= 4 is 17.6 Å². The zero-order chi connectivity index (χ0) is 18.4. The number of rotatable bonds is 5. The maximum absolute atomic E-state index is 13.4. The predicted octanol–water partition coefficient (Wildman–Crippen LogP) is 3.57. The molecule has 8 heteroatoms. The highest BCUT2D eigenvalue weighted by Crippen LogP contribution is 2.30. The Bertz CT molecular complexity index is 774. The summed E-state index contributed by atoms with van der Waals surface area (Å²) in [5.74, 6) is -2.21. The molecule has 0 aliphatic heterocycles. The van der Waals surface area contributed by atoms with Gasteiger partial charge in [0.2, 0.25) is 0 Å². The van der Waals surface area contributed by atoms with Crippen molar-refractivity contribution in [3.8, 4) is 0 Å². The summed E-state index contributed by atoms with van der Waals surface area (Å²) in [5.41, 5.74) is -0.877. The lowest BCUT2D eigenvalue weighted by Crippen LogP contribution is -2.22. The van der Waals surface area contributed by atoms with Crippen LogP contribution >= 0.6 is 0 Å². The third-order valence-electron chi connectivity index (χ3n) is 3.13. The molecule has 2 aromatic carbocycles. The summed E-state index contributed by atoms with van der Waals surface area (Å²) >= 11 is 0. The van der Waals surface area contributed by atoms with Gasteiger partial charge >= 0.3 is 12.1 Å². The standard InChI is InChI=1S/C17H13F4NO3/c18-14-7-2-1-4-11(14)8-16(24)25-10-15(23)22-13-6-3-5-12(9-13)17(19,20)21/h1-7,9H,8,10H2,(H,22,23). The number of amides is 1. The summed E-state index contributed by atoms with van der Waals surface area (Å²) in [6.07, 6.45) is -4.89. The third-order valence-corrected chi connectivity index (χ3v) is 3.13. The number of ether oxygens (including phenoxy) is 1. The molecule has 0 radical (unpaired) electrons. The zero-order valence-corrected chi connectivity index (χ0v) is 12.8. The number of carbonyl (C=O) groups excluding carboxylic acids is 2. The Balaban J connectivity index is 1.87. The molecule has 1 amide bonds. The van der Waals surface area contributed by atoms with Gasteiger partial charge in [-0.05, 0) is 29.8 Å². The van der Waals surface area contributed by atoms with Gasteiger partial charge in [0.05, 0.1) is 12.0 Å². The summed E-state index contributed by atoms with van der Waals surface area (Å²) in [5, 5.41) is 2.19. The lowest BCUT2D eigenvalue weighted by atomic mass is 10.1. The van der Waals surface area contributed by atoms with Crippen molar-refractivity contribution in [2.75, 3.05) is 11.9 Å². The van der Waals surface area contributed by atoms with E-state index in [1.165, 1.54) is 24.3 Å². The van der Waals surface area contributed by atoms with Crippen molar-refractivity contribution in [1.29, 1.82) is 0 Å². The Morgan fingerprint density at radius 2 is 1.76 bits per heavy atom. The number of halogens is 4. The topological polar surface area (TPSA) is 55.4 Å². The van der Waals surface area contributed by atoms with Gasteiger partial charge in [0.1, 0.15) is 5.82 Å². The molecule has 0 spiro atoms. The van der Waals surface area contributed by atoms with Crippen LogP contribution in [-0.2, 0) is 26.9 Å². The van der Waals surface area contributed by atoms with Gasteiger partial charge in [0.15, 0.2) is 6.61 Å². The van der Waals surface area contributed by atoms with Crippen LogP contribution in [0.5, 0.6) is 0 Å². The van der Waals surface area contributed by atoms with Crippen LogP contribution in [0.2, 0.25) is 0 Å². The number of alkyl halides is 3. The summed E-state index contributed by atoms with van der Waals surface area (Å²) in [4.78, 5) is 23.2. The van der Waals surface area contributed by atoms with Crippen molar-refractivity contribution < 1.29 is 31.9 Å². The molecule has 0 saturated heterocycles. The summed E-state index contributed by atoms with van der Waals surface area (Å²) in [6, 6.07) is 9.64. The summed E-state index contributed by atoms with van der Waals surface area (Å²) in [6.45, 7) is -0.691. The smallest absolute Gasteiger partial charge is 0.416 e. The lowest BCUT2D eigenvalue weighted by Gasteiger charge is -2.10. The Morgan fingerprint density at radius 1 is 1.04 bits per heavy atom. The van der Waals surface area contributed by atoms with Crippen molar-refractivity contribution in [1.82, 2.24) is 0 Å². The Kier molecular flexibility index (Phi) is 5.74. The second kappa shape index (κ2) is 7.78. The van der Waals surface area contributed by atoms with Gasteiger partial charge in [-0.25, -0.2) is 4.39 Å². The van der Waals surface area contributed by atoms with E-state index in [1.54, 1.807) is 6.07 Å². The van der Waals surface area contributed by atoms with E-state index < -0.39 is 36.0 Å². The van der Waals surface area contributed by atoms with E-state index in [9.17, 15) is 27.2 Å². The molecule has 0 aromatic heterocycles. The highest BCUT2D eigenvalue weighted by molar-refractivity contribution is 5.93. The monoisotopic (exact) mass is 355 g/mol. The molecule has 25 heavy (non-hydrogen) atoms. The largest absolute Gasteiger partial charge is 0.455 e. The van der Waals surface area contributed by atoms with Crippen LogP contribution in [0.15, 0.2) is 48.5 Å². The van der Waals surface area contributed by atoms with Gasteiger partial charge in [-0.1, -0.05) is 24.3 Å². The average molecular weight is 355 g/mol.